The molecule has 0 aliphatic carbocycles. The van der Waals surface area contributed by atoms with Gasteiger partial charge in [0.05, 0.1) is 0 Å². The molecule has 0 aromatic carbocycles. The number of amides is 1. The van der Waals surface area contributed by atoms with E-state index in [2.05, 4.69) is 27.4 Å². The molecule has 0 aromatic heterocycles. The summed E-state index contributed by atoms with van der Waals surface area (Å²) in [6.07, 6.45) is 3.84. The van der Waals surface area contributed by atoms with E-state index in [0.29, 0.717) is 17.8 Å². The van der Waals surface area contributed by atoms with Crippen LogP contribution in [0.25, 0.3) is 0 Å². The topological polar surface area (TPSA) is 20.3 Å². The van der Waals surface area contributed by atoms with Crippen molar-refractivity contribution in [3.63, 3.8) is 0 Å². The molecule has 0 radical (unpaired) electrons. The van der Waals surface area contributed by atoms with E-state index in [-0.39, 0.29) is 5.91 Å². The highest BCUT2D eigenvalue weighted by Crippen LogP contribution is 2.28. The average molecular weight is 209 g/mol. The number of rotatable bonds is 3. The lowest BCUT2D eigenvalue weighted by Gasteiger charge is -2.36. The lowest BCUT2D eigenvalue weighted by molar-refractivity contribution is -0.128. The van der Waals surface area contributed by atoms with Crippen molar-refractivity contribution in [3.8, 4) is 0 Å². The van der Waals surface area contributed by atoms with E-state index in [1.807, 2.05) is 4.90 Å². The maximum absolute atomic E-state index is 11.5. The lowest BCUT2D eigenvalue weighted by atomic mass is 9.80. The minimum atomic E-state index is 0.0932. The van der Waals surface area contributed by atoms with E-state index in [9.17, 15) is 4.79 Å². The van der Waals surface area contributed by atoms with Crippen LogP contribution in [0, 0.1) is 17.8 Å². The van der Waals surface area contributed by atoms with E-state index in [1.54, 1.807) is 0 Å². The number of nitrogens with zero attached hydrogens (tertiary/aromatic N) is 1. The highest BCUT2D eigenvalue weighted by atomic mass is 16.2. The molecule has 0 N–H and O–H groups in total. The first-order valence-corrected chi connectivity index (χ1v) is 5.97. The third-order valence-electron chi connectivity index (χ3n) is 3.74. The molecule has 1 aliphatic rings. The van der Waals surface area contributed by atoms with Gasteiger partial charge in [-0.15, -0.1) is 0 Å². The van der Waals surface area contributed by atoms with E-state index in [4.69, 9.17) is 0 Å². The van der Waals surface area contributed by atoms with Crippen molar-refractivity contribution in [2.24, 2.45) is 17.8 Å². The third-order valence-corrected chi connectivity index (χ3v) is 3.74. The molecular weight excluding hydrogens is 186 g/mol. The zero-order valence-electron chi connectivity index (χ0n) is 10.2. The number of piperidine rings is 1. The molecule has 1 amide bonds. The first-order valence-electron chi connectivity index (χ1n) is 5.97. The molecule has 1 unspecified atom stereocenters. The zero-order valence-corrected chi connectivity index (χ0v) is 10.2. The molecule has 0 saturated carbocycles. The number of hydrogen-bond acceptors (Lipinski definition) is 1. The Morgan fingerprint density at radius 3 is 2.67 bits per heavy atom. The fourth-order valence-corrected chi connectivity index (χ4v) is 2.31. The summed E-state index contributed by atoms with van der Waals surface area (Å²) >= 11 is 0. The van der Waals surface area contributed by atoms with E-state index >= 15 is 0 Å². The number of carbonyl (C=O) groups is 1. The highest BCUT2D eigenvalue weighted by Gasteiger charge is 2.27. The SMILES string of the molecule is C=CC(=O)N1CCC[C@H](C(C)C(C)C)C1. The van der Waals surface area contributed by atoms with Gasteiger partial charge in [-0.05, 0) is 36.7 Å². The van der Waals surface area contributed by atoms with Gasteiger partial charge in [0.2, 0.25) is 5.91 Å². The van der Waals surface area contributed by atoms with Crippen molar-refractivity contribution >= 4 is 5.91 Å². The van der Waals surface area contributed by atoms with Crippen LogP contribution in [0.15, 0.2) is 12.7 Å². The highest BCUT2D eigenvalue weighted by molar-refractivity contribution is 5.87. The normalized spacial score (nSPS) is 24.0. The molecule has 1 heterocycles. The lowest BCUT2D eigenvalue weighted by Crippen LogP contribution is -2.41. The molecule has 1 rings (SSSR count). The van der Waals surface area contributed by atoms with Crippen LogP contribution in [0.3, 0.4) is 0 Å². The predicted molar refractivity (Wildman–Crippen MR) is 63.5 cm³/mol. The second-order valence-electron chi connectivity index (χ2n) is 4.99. The number of likely N-dealkylation sites (tertiary alicyclic amines) is 1. The van der Waals surface area contributed by atoms with Gasteiger partial charge in [-0.3, -0.25) is 4.79 Å². The Kier molecular flexibility index (Phi) is 4.37. The van der Waals surface area contributed by atoms with Gasteiger partial charge in [0.1, 0.15) is 0 Å². The standard InChI is InChI=1S/C13H23NO/c1-5-13(15)14-8-6-7-12(9-14)11(4)10(2)3/h5,10-12H,1,6-9H2,2-4H3/t11?,12-/m0/s1. The second kappa shape index (κ2) is 5.34. The summed E-state index contributed by atoms with van der Waals surface area (Å²) in [6, 6.07) is 0. The summed E-state index contributed by atoms with van der Waals surface area (Å²) in [7, 11) is 0. The van der Waals surface area contributed by atoms with E-state index in [1.165, 1.54) is 12.5 Å². The Morgan fingerprint density at radius 2 is 2.13 bits per heavy atom. The van der Waals surface area contributed by atoms with Gasteiger partial charge in [-0.2, -0.15) is 0 Å². The van der Waals surface area contributed by atoms with Crippen LogP contribution < -0.4 is 0 Å². The molecule has 0 bridgehead atoms. The zero-order chi connectivity index (χ0) is 11.4. The van der Waals surface area contributed by atoms with Crippen molar-refractivity contribution in [1.82, 2.24) is 4.90 Å². The van der Waals surface area contributed by atoms with Crippen molar-refractivity contribution in [3.05, 3.63) is 12.7 Å². The molecular formula is C13H23NO. The molecule has 1 fully saturated rings. The maximum atomic E-state index is 11.5. The molecule has 0 spiro atoms. The minimum absolute atomic E-state index is 0.0932. The van der Waals surface area contributed by atoms with Gasteiger partial charge in [0.15, 0.2) is 0 Å². The Balaban J connectivity index is 2.55. The Hall–Kier alpha value is -0.790. The van der Waals surface area contributed by atoms with Crippen molar-refractivity contribution in [1.29, 1.82) is 0 Å². The van der Waals surface area contributed by atoms with Crippen LogP contribution in [0.2, 0.25) is 0 Å². The summed E-state index contributed by atoms with van der Waals surface area (Å²) in [6.45, 7) is 12.2. The van der Waals surface area contributed by atoms with Crippen LogP contribution in [-0.2, 0) is 4.79 Å². The second-order valence-corrected chi connectivity index (χ2v) is 4.99. The summed E-state index contributed by atoms with van der Waals surface area (Å²) in [5.74, 6) is 2.16. The summed E-state index contributed by atoms with van der Waals surface area (Å²) in [5, 5.41) is 0. The van der Waals surface area contributed by atoms with Gasteiger partial charge in [-0.1, -0.05) is 27.4 Å². The van der Waals surface area contributed by atoms with Gasteiger partial charge in [0, 0.05) is 13.1 Å². The molecule has 2 nitrogen and oxygen atoms in total. The first kappa shape index (κ1) is 12.3. The Morgan fingerprint density at radius 1 is 1.47 bits per heavy atom. The smallest absolute Gasteiger partial charge is 0.245 e. The van der Waals surface area contributed by atoms with Crippen LogP contribution >= 0.6 is 0 Å². The molecule has 86 valence electrons. The average Bonchev–Trinajstić information content (AvgIpc) is 2.27. The molecule has 1 aliphatic heterocycles. The largest absolute Gasteiger partial charge is 0.339 e. The summed E-state index contributed by atoms with van der Waals surface area (Å²) in [5.41, 5.74) is 0. The van der Waals surface area contributed by atoms with E-state index < -0.39 is 0 Å². The first-order chi connectivity index (χ1) is 7.06. The van der Waals surface area contributed by atoms with Crippen LogP contribution in [-0.4, -0.2) is 23.9 Å². The van der Waals surface area contributed by atoms with Crippen LogP contribution in [0.1, 0.15) is 33.6 Å². The number of hydrogen-bond donors (Lipinski definition) is 0. The molecule has 15 heavy (non-hydrogen) atoms. The predicted octanol–water partition coefficient (Wildman–Crippen LogP) is 2.70. The molecule has 2 atom stereocenters. The van der Waals surface area contributed by atoms with Gasteiger partial charge >= 0.3 is 0 Å². The minimum Gasteiger partial charge on any atom is -0.339 e. The maximum Gasteiger partial charge on any atom is 0.245 e. The van der Waals surface area contributed by atoms with Crippen LogP contribution in [0.5, 0.6) is 0 Å². The van der Waals surface area contributed by atoms with Crippen molar-refractivity contribution in [2.45, 2.75) is 33.6 Å². The monoisotopic (exact) mass is 209 g/mol. The Bertz CT molecular complexity index is 235. The van der Waals surface area contributed by atoms with E-state index in [0.717, 1.165) is 19.5 Å². The molecule has 1 saturated heterocycles. The summed E-state index contributed by atoms with van der Waals surface area (Å²) < 4.78 is 0. The molecule has 0 aromatic rings. The third kappa shape index (κ3) is 3.08. The van der Waals surface area contributed by atoms with Crippen molar-refractivity contribution < 1.29 is 4.79 Å². The fraction of sp³-hybridized carbons (Fsp3) is 0.769. The quantitative estimate of drug-likeness (QED) is 0.654. The van der Waals surface area contributed by atoms with Gasteiger partial charge in [0.25, 0.3) is 0 Å². The Labute approximate surface area is 93.3 Å². The fourth-order valence-electron chi connectivity index (χ4n) is 2.31. The number of carbonyl (C=O) groups excluding carboxylic acids is 1. The van der Waals surface area contributed by atoms with Crippen molar-refractivity contribution in [2.75, 3.05) is 13.1 Å². The summed E-state index contributed by atoms with van der Waals surface area (Å²) in [4.78, 5) is 13.5. The van der Waals surface area contributed by atoms with Crippen LogP contribution in [0.4, 0.5) is 0 Å². The van der Waals surface area contributed by atoms with Gasteiger partial charge < -0.3 is 4.90 Å². The van der Waals surface area contributed by atoms with Gasteiger partial charge in [-0.25, -0.2) is 0 Å². The molecule has 2 heteroatoms.